The molecule has 1 saturated heterocycles. The van der Waals surface area contributed by atoms with Crippen molar-refractivity contribution >= 4 is 6.03 Å². The molecule has 0 unspecified atom stereocenters. The van der Waals surface area contributed by atoms with Gasteiger partial charge in [-0.1, -0.05) is 0 Å². The van der Waals surface area contributed by atoms with E-state index >= 15 is 0 Å². The highest BCUT2D eigenvalue weighted by Crippen LogP contribution is 2.18. The summed E-state index contributed by atoms with van der Waals surface area (Å²) >= 11 is 0. The standard InChI is InChI=1S/C10H18N2O/c13-10(11-9-5-4-6-9)12-7-2-1-3-8-12/h9H,1-8H2,(H,11,13). The summed E-state index contributed by atoms with van der Waals surface area (Å²) in [6.45, 7) is 1.91. The van der Waals surface area contributed by atoms with E-state index in [0.717, 1.165) is 13.1 Å². The lowest BCUT2D eigenvalue weighted by molar-refractivity contribution is 0.176. The lowest BCUT2D eigenvalue weighted by atomic mass is 9.93. The fourth-order valence-corrected chi connectivity index (χ4v) is 1.92. The molecule has 0 spiro atoms. The molecule has 0 aromatic rings. The topological polar surface area (TPSA) is 32.3 Å². The van der Waals surface area contributed by atoms with Crippen LogP contribution >= 0.6 is 0 Å². The van der Waals surface area contributed by atoms with E-state index < -0.39 is 0 Å². The molecule has 0 atom stereocenters. The second-order valence-electron chi connectivity index (χ2n) is 4.13. The van der Waals surface area contributed by atoms with Gasteiger partial charge in [0, 0.05) is 19.1 Å². The molecule has 2 amide bonds. The molecular weight excluding hydrogens is 164 g/mol. The van der Waals surface area contributed by atoms with Gasteiger partial charge in [0.1, 0.15) is 0 Å². The lowest BCUT2D eigenvalue weighted by Crippen LogP contribution is -2.48. The average Bonchev–Trinajstić information content (AvgIpc) is 2.12. The highest BCUT2D eigenvalue weighted by molar-refractivity contribution is 5.74. The van der Waals surface area contributed by atoms with Gasteiger partial charge in [0.15, 0.2) is 0 Å². The molecule has 1 saturated carbocycles. The minimum atomic E-state index is 0.171. The number of nitrogens with zero attached hydrogens (tertiary/aromatic N) is 1. The number of hydrogen-bond acceptors (Lipinski definition) is 1. The van der Waals surface area contributed by atoms with E-state index in [-0.39, 0.29) is 6.03 Å². The van der Waals surface area contributed by atoms with Crippen LogP contribution in [0.3, 0.4) is 0 Å². The SMILES string of the molecule is O=C(NC1CCC1)N1CCCCC1. The van der Waals surface area contributed by atoms with Crippen molar-refractivity contribution in [1.82, 2.24) is 10.2 Å². The van der Waals surface area contributed by atoms with Crippen molar-refractivity contribution in [1.29, 1.82) is 0 Å². The van der Waals surface area contributed by atoms with E-state index in [1.54, 1.807) is 0 Å². The number of urea groups is 1. The minimum absolute atomic E-state index is 0.171. The van der Waals surface area contributed by atoms with Crippen LogP contribution in [0.5, 0.6) is 0 Å². The molecule has 74 valence electrons. The highest BCUT2D eigenvalue weighted by atomic mass is 16.2. The van der Waals surface area contributed by atoms with Crippen LogP contribution in [-0.2, 0) is 0 Å². The Bertz CT molecular complexity index is 183. The van der Waals surface area contributed by atoms with Gasteiger partial charge in [-0.15, -0.1) is 0 Å². The molecule has 0 radical (unpaired) electrons. The summed E-state index contributed by atoms with van der Waals surface area (Å²) in [5, 5.41) is 3.07. The lowest BCUT2D eigenvalue weighted by Gasteiger charge is -2.32. The third-order valence-electron chi connectivity index (χ3n) is 3.08. The summed E-state index contributed by atoms with van der Waals surface area (Å²) in [4.78, 5) is 13.6. The van der Waals surface area contributed by atoms with Crippen LogP contribution in [0.2, 0.25) is 0 Å². The van der Waals surface area contributed by atoms with Crippen molar-refractivity contribution in [3.8, 4) is 0 Å². The summed E-state index contributed by atoms with van der Waals surface area (Å²) in [5.41, 5.74) is 0. The number of hydrogen-bond donors (Lipinski definition) is 1. The second-order valence-corrected chi connectivity index (χ2v) is 4.13. The Labute approximate surface area is 79.5 Å². The zero-order valence-corrected chi connectivity index (χ0v) is 8.09. The first-order valence-electron chi connectivity index (χ1n) is 5.42. The summed E-state index contributed by atoms with van der Waals surface area (Å²) in [6, 6.07) is 0.652. The number of amides is 2. The fraction of sp³-hybridized carbons (Fsp3) is 0.900. The number of nitrogens with one attached hydrogen (secondary N) is 1. The number of carbonyl (C=O) groups excluding carboxylic acids is 1. The Balaban J connectivity index is 1.74. The van der Waals surface area contributed by atoms with Crippen LogP contribution in [0.15, 0.2) is 0 Å². The van der Waals surface area contributed by atoms with Gasteiger partial charge in [-0.25, -0.2) is 4.79 Å². The first-order chi connectivity index (χ1) is 6.36. The van der Waals surface area contributed by atoms with Crippen LogP contribution in [0.25, 0.3) is 0 Å². The van der Waals surface area contributed by atoms with E-state index in [9.17, 15) is 4.79 Å². The molecule has 3 nitrogen and oxygen atoms in total. The van der Waals surface area contributed by atoms with Gasteiger partial charge in [-0.05, 0) is 38.5 Å². The van der Waals surface area contributed by atoms with Gasteiger partial charge in [0.05, 0.1) is 0 Å². The van der Waals surface area contributed by atoms with Crippen molar-refractivity contribution in [3.63, 3.8) is 0 Å². The highest BCUT2D eigenvalue weighted by Gasteiger charge is 2.23. The maximum absolute atomic E-state index is 11.6. The molecule has 2 rings (SSSR count). The summed E-state index contributed by atoms with van der Waals surface area (Å²) < 4.78 is 0. The van der Waals surface area contributed by atoms with E-state index in [0.29, 0.717) is 6.04 Å². The molecule has 1 N–H and O–H groups in total. The second kappa shape index (κ2) is 3.99. The van der Waals surface area contributed by atoms with Gasteiger partial charge < -0.3 is 10.2 Å². The zero-order valence-electron chi connectivity index (χ0n) is 8.09. The maximum atomic E-state index is 11.6. The Morgan fingerprint density at radius 3 is 2.31 bits per heavy atom. The van der Waals surface area contributed by atoms with Crippen LogP contribution in [0.1, 0.15) is 38.5 Å². The Morgan fingerprint density at radius 1 is 1.08 bits per heavy atom. The van der Waals surface area contributed by atoms with Gasteiger partial charge in [-0.3, -0.25) is 0 Å². The molecule has 0 bridgehead atoms. The van der Waals surface area contributed by atoms with Crippen molar-refractivity contribution in [2.45, 2.75) is 44.6 Å². The van der Waals surface area contributed by atoms with E-state index in [1.807, 2.05) is 4.90 Å². The number of piperidine rings is 1. The van der Waals surface area contributed by atoms with Gasteiger partial charge in [-0.2, -0.15) is 0 Å². The Hall–Kier alpha value is -0.730. The van der Waals surface area contributed by atoms with Gasteiger partial charge in [0.25, 0.3) is 0 Å². The molecule has 3 heteroatoms. The molecule has 1 aliphatic carbocycles. The van der Waals surface area contributed by atoms with E-state index in [2.05, 4.69) is 5.32 Å². The van der Waals surface area contributed by atoms with Crippen molar-refractivity contribution in [2.24, 2.45) is 0 Å². The summed E-state index contributed by atoms with van der Waals surface area (Å²) in [5.74, 6) is 0. The predicted molar refractivity (Wildman–Crippen MR) is 51.6 cm³/mol. The first kappa shape index (κ1) is 8.85. The van der Waals surface area contributed by atoms with Crippen molar-refractivity contribution in [3.05, 3.63) is 0 Å². The normalized spacial score (nSPS) is 23.8. The predicted octanol–water partition coefficient (Wildman–Crippen LogP) is 1.73. The molecule has 1 heterocycles. The van der Waals surface area contributed by atoms with Crippen LogP contribution < -0.4 is 5.32 Å². The number of rotatable bonds is 1. The van der Waals surface area contributed by atoms with Crippen LogP contribution in [-0.4, -0.2) is 30.1 Å². The zero-order chi connectivity index (χ0) is 9.10. The first-order valence-corrected chi connectivity index (χ1v) is 5.42. The van der Waals surface area contributed by atoms with E-state index in [4.69, 9.17) is 0 Å². The number of likely N-dealkylation sites (tertiary alicyclic amines) is 1. The summed E-state index contributed by atoms with van der Waals surface area (Å²) in [7, 11) is 0. The third-order valence-corrected chi connectivity index (χ3v) is 3.08. The molecule has 13 heavy (non-hydrogen) atoms. The monoisotopic (exact) mass is 182 g/mol. The quantitative estimate of drug-likeness (QED) is 0.658. The smallest absolute Gasteiger partial charge is 0.317 e. The van der Waals surface area contributed by atoms with Crippen molar-refractivity contribution < 1.29 is 4.79 Å². The molecule has 2 fully saturated rings. The average molecular weight is 182 g/mol. The summed E-state index contributed by atoms with van der Waals surface area (Å²) in [6.07, 6.45) is 7.29. The van der Waals surface area contributed by atoms with Gasteiger partial charge >= 0.3 is 6.03 Å². The van der Waals surface area contributed by atoms with Crippen LogP contribution in [0.4, 0.5) is 4.79 Å². The molecule has 1 aliphatic heterocycles. The largest absolute Gasteiger partial charge is 0.335 e. The van der Waals surface area contributed by atoms with Gasteiger partial charge in [0.2, 0.25) is 0 Å². The molecular formula is C10H18N2O. The Morgan fingerprint density at radius 2 is 1.77 bits per heavy atom. The minimum Gasteiger partial charge on any atom is -0.335 e. The molecule has 2 aliphatic rings. The Kier molecular flexibility index (Phi) is 2.71. The molecule has 0 aromatic carbocycles. The van der Waals surface area contributed by atoms with Crippen LogP contribution in [0, 0.1) is 0 Å². The third kappa shape index (κ3) is 2.14. The maximum Gasteiger partial charge on any atom is 0.317 e. The van der Waals surface area contributed by atoms with Crippen molar-refractivity contribution in [2.75, 3.05) is 13.1 Å². The molecule has 0 aromatic heterocycles. The number of carbonyl (C=O) groups is 1. The fourth-order valence-electron chi connectivity index (χ4n) is 1.92. The van der Waals surface area contributed by atoms with E-state index in [1.165, 1.54) is 38.5 Å².